The molecule has 0 saturated heterocycles. The molecule has 128 valence electrons. The molecule has 1 heterocycles. The molecule has 0 aliphatic rings. The van der Waals surface area contributed by atoms with Gasteiger partial charge in [0.05, 0.1) is 11.9 Å². The third-order valence-electron chi connectivity index (χ3n) is 3.00. The second-order valence-electron chi connectivity index (χ2n) is 5.40. The van der Waals surface area contributed by atoms with Crippen molar-refractivity contribution >= 4 is 29.2 Å². The van der Waals surface area contributed by atoms with Crippen molar-refractivity contribution in [2.24, 2.45) is 0 Å². The van der Waals surface area contributed by atoms with Gasteiger partial charge in [0.15, 0.2) is 5.82 Å². The highest BCUT2D eigenvalue weighted by Crippen LogP contribution is 2.23. The van der Waals surface area contributed by atoms with Crippen LogP contribution in [-0.4, -0.2) is 44.2 Å². The largest absolute Gasteiger partial charge is 0.361 e. The number of hydrogen-bond donors (Lipinski definition) is 2. The van der Waals surface area contributed by atoms with Crippen molar-refractivity contribution in [1.29, 1.82) is 0 Å². The average molecular weight is 336 g/mol. The molecule has 0 aliphatic heterocycles. The van der Waals surface area contributed by atoms with E-state index >= 15 is 0 Å². The normalized spacial score (nSPS) is 10.2. The van der Waals surface area contributed by atoms with Crippen molar-refractivity contribution in [2.75, 3.05) is 48.6 Å². The Bertz CT molecular complexity index is 751. The molecule has 0 saturated carbocycles. The molecule has 9 heteroatoms. The molecule has 0 atom stereocenters. The van der Waals surface area contributed by atoms with E-state index in [0.717, 1.165) is 18.2 Å². The van der Waals surface area contributed by atoms with Crippen molar-refractivity contribution in [3.8, 4) is 0 Å². The van der Waals surface area contributed by atoms with Gasteiger partial charge in [-0.1, -0.05) is 0 Å². The van der Waals surface area contributed by atoms with Crippen LogP contribution < -0.4 is 20.4 Å². The predicted octanol–water partition coefficient (Wildman–Crippen LogP) is 2.53. The van der Waals surface area contributed by atoms with E-state index < -0.39 is 17.7 Å². The second kappa shape index (κ2) is 7.07. The van der Waals surface area contributed by atoms with Crippen LogP contribution in [0.25, 0.3) is 0 Å². The standard InChI is InChI=1S/C15H18F2N6O/c1-22(2)13-12(8-18-14(21-13)23(3)4)20-15(24)19-11-7-9(16)5-6-10(11)17/h5-8H,1-4H3,(H2,19,20,24). The lowest BCUT2D eigenvalue weighted by Crippen LogP contribution is -2.24. The number of hydrogen-bond acceptors (Lipinski definition) is 5. The monoisotopic (exact) mass is 336 g/mol. The van der Waals surface area contributed by atoms with Crippen LogP contribution in [-0.2, 0) is 0 Å². The van der Waals surface area contributed by atoms with Gasteiger partial charge in [0, 0.05) is 34.3 Å². The Kier molecular flexibility index (Phi) is 5.12. The van der Waals surface area contributed by atoms with Gasteiger partial charge in [-0.3, -0.25) is 0 Å². The molecule has 0 unspecified atom stereocenters. The summed E-state index contributed by atoms with van der Waals surface area (Å²) in [4.78, 5) is 23.9. The molecular formula is C15H18F2N6O. The molecule has 1 aromatic carbocycles. The lowest BCUT2D eigenvalue weighted by molar-refractivity contribution is 0.262. The fourth-order valence-corrected chi connectivity index (χ4v) is 1.88. The first-order valence-corrected chi connectivity index (χ1v) is 7.02. The molecule has 7 nitrogen and oxygen atoms in total. The van der Waals surface area contributed by atoms with Crippen molar-refractivity contribution in [1.82, 2.24) is 9.97 Å². The molecular weight excluding hydrogens is 318 g/mol. The lowest BCUT2D eigenvalue weighted by Gasteiger charge is -2.19. The van der Waals surface area contributed by atoms with Crippen LogP contribution in [0.2, 0.25) is 0 Å². The molecule has 0 bridgehead atoms. The van der Waals surface area contributed by atoms with Crippen LogP contribution in [0.15, 0.2) is 24.4 Å². The zero-order valence-electron chi connectivity index (χ0n) is 13.8. The highest BCUT2D eigenvalue weighted by molar-refractivity contribution is 6.01. The number of nitrogens with one attached hydrogen (secondary N) is 2. The SMILES string of the molecule is CN(C)c1ncc(NC(=O)Nc2cc(F)ccc2F)c(N(C)C)n1. The van der Waals surface area contributed by atoms with Crippen molar-refractivity contribution in [3.63, 3.8) is 0 Å². The second-order valence-corrected chi connectivity index (χ2v) is 5.40. The van der Waals surface area contributed by atoms with E-state index in [-0.39, 0.29) is 5.69 Å². The van der Waals surface area contributed by atoms with E-state index in [4.69, 9.17) is 0 Å². The van der Waals surface area contributed by atoms with E-state index in [1.165, 1.54) is 6.20 Å². The van der Waals surface area contributed by atoms with Gasteiger partial charge in [0.2, 0.25) is 5.95 Å². The van der Waals surface area contributed by atoms with Gasteiger partial charge in [-0.05, 0) is 12.1 Å². The average Bonchev–Trinajstić information content (AvgIpc) is 2.50. The smallest absolute Gasteiger partial charge is 0.323 e. The minimum Gasteiger partial charge on any atom is -0.361 e. The van der Waals surface area contributed by atoms with E-state index in [0.29, 0.717) is 17.5 Å². The number of rotatable bonds is 4. The molecule has 0 radical (unpaired) electrons. The number of urea groups is 1. The number of nitrogens with zero attached hydrogens (tertiary/aromatic N) is 4. The maximum atomic E-state index is 13.6. The highest BCUT2D eigenvalue weighted by Gasteiger charge is 2.14. The van der Waals surface area contributed by atoms with Crippen molar-refractivity contribution < 1.29 is 13.6 Å². The number of halogens is 2. The maximum absolute atomic E-state index is 13.6. The van der Waals surface area contributed by atoms with Crippen molar-refractivity contribution in [2.45, 2.75) is 0 Å². The van der Waals surface area contributed by atoms with Gasteiger partial charge in [0.25, 0.3) is 0 Å². The summed E-state index contributed by atoms with van der Waals surface area (Å²) in [6, 6.07) is 2.07. The zero-order chi connectivity index (χ0) is 17.9. The zero-order valence-corrected chi connectivity index (χ0v) is 13.8. The molecule has 24 heavy (non-hydrogen) atoms. The summed E-state index contributed by atoms with van der Waals surface area (Å²) in [5.74, 6) is -0.442. The molecule has 2 N–H and O–H groups in total. The van der Waals surface area contributed by atoms with Gasteiger partial charge in [-0.15, -0.1) is 0 Å². The molecule has 2 rings (SSSR count). The fourth-order valence-electron chi connectivity index (χ4n) is 1.88. The molecule has 2 amide bonds. The van der Waals surface area contributed by atoms with E-state index in [1.54, 1.807) is 38.0 Å². The number of aromatic nitrogens is 2. The Labute approximate surface area is 138 Å². The van der Waals surface area contributed by atoms with E-state index in [2.05, 4.69) is 20.6 Å². The Morgan fingerprint density at radius 2 is 1.71 bits per heavy atom. The van der Waals surface area contributed by atoms with Crippen LogP contribution in [0, 0.1) is 11.6 Å². The summed E-state index contributed by atoms with van der Waals surface area (Å²) in [5, 5.41) is 4.78. The van der Waals surface area contributed by atoms with Crippen LogP contribution in [0.3, 0.4) is 0 Å². The first-order valence-electron chi connectivity index (χ1n) is 7.02. The first kappa shape index (κ1) is 17.4. The van der Waals surface area contributed by atoms with Crippen LogP contribution in [0.5, 0.6) is 0 Å². The van der Waals surface area contributed by atoms with Gasteiger partial charge < -0.3 is 20.4 Å². The van der Waals surface area contributed by atoms with E-state index in [1.807, 2.05) is 0 Å². The Morgan fingerprint density at radius 3 is 2.33 bits per heavy atom. The maximum Gasteiger partial charge on any atom is 0.323 e. The molecule has 0 fully saturated rings. The highest BCUT2D eigenvalue weighted by atomic mass is 19.1. The first-order chi connectivity index (χ1) is 11.3. The van der Waals surface area contributed by atoms with Crippen LogP contribution >= 0.6 is 0 Å². The summed E-state index contributed by atoms with van der Waals surface area (Å²) in [7, 11) is 7.11. The summed E-state index contributed by atoms with van der Waals surface area (Å²) in [6.07, 6.45) is 1.44. The van der Waals surface area contributed by atoms with Gasteiger partial charge in [0.1, 0.15) is 17.3 Å². The third kappa shape index (κ3) is 4.06. The quantitative estimate of drug-likeness (QED) is 0.898. The summed E-state index contributed by atoms with van der Waals surface area (Å²) >= 11 is 0. The van der Waals surface area contributed by atoms with E-state index in [9.17, 15) is 13.6 Å². The molecule has 2 aromatic rings. The minimum absolute atomic E-state index is 0.260. The minimum atomic E-state index is -0.737. The number of carbonyl (C=O) groups excluding carboxylic acids is 1. The summed E-state index contributed by atoms with van der Waals surface area (Å²) in [5.41, 5.74) is 0.0737. The Morgan fingerprint density at radius 1 is 1.04 bits per heavy atom. The van der Waals surface area contributed by atoms with Crippen molar-refractivity contribution in [3.05, 3.63) is 36.0 Å². The van der Waals surface area contributed by atoms with Gasteiger partial charge >= 0.3 is 6.03 Å². The molecule has 0 aliphatic carbocycles. The van der Waals surface area contributed by atoms with Crippen LogP contribution in [0.1, 0.15) is 0 Å². The third-order valence-corrected chi connectivity index (χ3v) is 3.00. The molecule has 0 spiro atoms. The van der Waals surface area contributed by atoms with Crippen LogP contribution in [0.4, 0.5) is 36.7 Å². The molecule has 1 aromatic heterocycles. The fraction of sp³-hybridized carbons (Fsp3) is 0.267. The number of anilines is 4. The number of benzene rings is 1. The van der Waals surface area contributed by atoms with Gasteiger partial charge in [-0.2, -0.15) is 4.98 Å². The summed E-state index contributed by atoms with van der Waals surface area (Å²) < 4.78 is 26.7. The summed E-state index contributed by atoms with van der Waals surface area (Å²) in [6.45, 7) is 0. The Balaban J connectivity index is 2.20. The lowest BCUT2D eigenvalue weighted by atomic mass is 10.3. The van der Waals surface area contributed by atoms with Gasteiger partial charge in [-0.25, -0.2) is 18.6 Å². The topological polar surface area (TPSA) is 73.4 Å². The number of carbonyl (C=O) groups is 1. The Hall–Kier alpha value is -2.97. The number of amides is 2. The predicted molar refractivity (Wildman–Crippen MR) is 89.7 cm³/mol.